The van der Waals surface area contributed by atoms with Crippen molar-refractivity contribution in [1.82, 2.24) is 10.1 Å². The molecule has 1 aromatic heterocycles. The summed E-state index contributed by atoms with van der Waals surface area (Å²) in [4.78, 5) is 14.6. The Bertz CT molecular complexity index is 788. The Morgan fingerprint density at radius 2 is 1.96 bits per heavy atom. The van der Waals surface area contributed by atoms with Gasteiger partial charge in [0.1, 0.15) is 11.5 Å². The van der Waals surface area contributed by atoms with E-state index in [0.717, 1.165) is 55.8 Å². The summed E-state index contributed by atoms with van der Waals surface area (Å²) in [6.45, 7) is 3.90. The van der Waals surface area contributed by atoms with Crippen molar-refractivity contribution in [3.05, 3.63) is 46.8 Å². The van der Waals surface area contributed by atoms with E-state index in [4.69, 9.17) is 9.26 Å². The number of carbonyl (C=O) groups excluding carboxylic acids is 1. The van der Waals surface area contributed by atoms with Crippen molar-refractivity contribution in [2.75, 3.05) is 20.2 Å². The van der Waals surface area contributed by atoms with Gasteiger partial charge < -0.3 is 14.2 Å². The van der Waals surface area contributed by atoms with Crippen LogP contribution in [-0.4, -0.2) is 36.2 Å². The summed E-state index contributed by atoms with van der Waals surface area (Å²) < 4.78 is 10.9. The number of likely N-dealkylation sites (tertiary alicyclic amines) is 1. The standard InChI is InChI=1S/C22H28N2O3/c1-15-3-8-20-19(13-15)22(27-23-20)17-9-11-24(12-10-17)21(25)14-16-4-6-18(26-2)7-5-16/h4-7,15,17H,3,8-14H2,1-2H3. The second-order valence-electron chi connectivity index (χ2n) is 8.00. The highest BCUT2D eigenvalue weighted by molar-refractivity contribution is 5.79. The van der Waals surface area contributed by atoms with Gasteiger partial charge in [-0.15, -0.1) is 0 Å². The third-order valence-corrected chi connectivity index (χ3v) is 6.06. The molecule has 1 atom stereocenters. The molecule has 1 saturated heterocycles. The van der Waals surface area contributed by atoms with Crippen LogP contribution >= 0.6 is 0 Å². The van der Waals surface area contributed by atoms with Gasteiger partial charge in [0.25, 0.3) is 0 Å². The molecule has 1 fully saturated rings. The van der Waals surface area contributed by atoms with E-state index in [1.807, 2.05) is 29.2 Å². The number of fused-ring (bicyclic) bond motifs is 1. The van der Waals surface area contributed by atoms with Gasteiger partial charge in [0.15, 0.2) is 0 Å². The summed E-state index contributed by atoms with van der Waals surface area (Å²) in [5.74, 6) is 3.22. The topological polar surface area (TPSA) is 55.6 Å². The van der Waals surface area contributed by atoms with Gasteiger partial charge in [0.2, 0.25) is 5.91 Å². The van der Waals surface area contributed by atoms with Crippen LogP contribution in [0.1, 0.15) is 54.7 Å². The van der Waals surface area contributed by atoms with Crippen LogP contribution in [0.25, 0.3) is 0 Å². The second-order valence-corrected chi connectivity index (χ2v) is 8.00. The average molecular weight is 368 g/mol. The molecule has 2 aromatic rings. The molecule has 5 nitrogen and oxygen atoms in total. The first-order valence-electron chi connectivity index (χ1n) is 10.0. The molecule has 27 heavy (non-hydrogen) atoms. The van der Waals surface area contributed by atoms with Crippen molar-refractivity contribution in [3.63, 3.8) is 0 Å². The molecule has 144 valence electrons. The summed E-state index contributed by atoms with van der Waals surface area (Å²) in [7, 11) is 1.65. The van der Waals surface area contributed by atoms with Gasteiger partial charge in [-0.05, 0) is 55.7 Å². The molecule has 4 rings (SSSR count). The van der Waals surface area contributed by atoms with E-state index in [2.05, 4.69) is 12.1 Å². The van der Waals surface area contributed by atoms with Gasteiger partial charge in [0.05, 0.1) is 19.2 Å². The van der Waals surface area contributed by atoms with Crippen molar-refractivity contribution >= 4 is 5.91 Å². The molecule has 0 N–H and O–H groups in total. The van der Waals surface area contributed by atoms with Crippen molar-refractivity contribution in [3.8, 4) is 5.75 Å². The van der Waals surface area contributed by atoms with Crippen LogP contribution in [-0.2, 0) is 24.1 Å². The minimum absolute atomic E-state index is 0.201. The minimum Gasteiger partial charge on any atom is -0.497 e. The fourth-order valence-corrected chi connectivity index (χ4v) is 4.35. The molecule has 2 aliphatic rings. The first-order valence-corrected chi connectivity index (χ1v) is 10.0. The Labute approximate surface area is 160 Å². The molecule has 1 unspecified atom stereocenters. The van der Waals surface area contributed by atoms with E-state index >= 15 is 0 Å². The molecule has 1 aromatic carbocycles. The van der Waals surface area contributed by atoms with E-state index in [9.17, 15) is 4.79 Å². The van der Waals surface area contributed by atoms with Crippen LogP contribution < -0.4 is 4.74 Å². The SMILES string of the molecule is COc1ccc(CC(=O)N2CCC(c3onc4c3CC(C)CC4)CC2)cc1. The number of benzene rings is 1. The number of aromatic nitrogens is 1. The van der Waals surface area contributed by atoms with Crippen molar-refractivity contribution in [2.45, 2.75) is 51.4 Å². The Morgan fingerprint density at radius 3 is 2.67 bits per heavy atom. The van der Waals surface area contributed by atoms with E-state index < -0.39 is 0 Å². The zero-order valence-electron chi connectivity index (χ0n) is 16.2. The quantitative estimate of drug-likeness (QED) is 0.825. The summed E-state index contributed by atoms with van der Waals surface area (Å²) in [6.07, 6.45) is 5.71. The van der Waals surface area contributed by atoms with Crippen LogP contribution in [0.3, 0.4) is 0 Å². The lowest BCUT2D eigenvalue weighted by molar-refractivity contribution is -0.131. The normalized spacial score (nSPS) is 20.4. The van der Waals surface area contributed by atoms with E-state index in [0.29, 0.717) is 18.3 Å². The smallest absolute Gasteiger partial charge is 0.226 e. The molecular formula is C22H28N2O3. The zero-order chi connectivity index (χ0) is 18.8. The molecule has 1 amide bonds. The molecule has 0 saturated carbocycles. The number of hydrogen-bond donors (Lipinski definition) is 0. The number of aryl methyl sites for hydroxylation is 1. The van der Waals surface area contributed by atoms with E-state index in [-0.39, 0.29) is 5.91 Å². The van der Waals surface area contributed by atoms with Crippen LogP contribution in [0.15, 0.2) is 28.8 Å². The van der Waals surface area contributed by atoms with Gasteiger partial charge >= 0.3 is 0 Å². The fourth-order valence-electron chi connectivity index (χ4n) is 4.35. The summed E-state index contributed by atoms with van der Waals surface area (Å²) >= 11 is 0. The Kier molecular flexibility index (Phi) is 5.19. The summed E-state index contributed by atoms with van der Waals surface area (Å²) in [5.41, 5.74) is 3.55. The lowest BCUT2D eigenvalue weighted by Gasteiger charge is -2.31. The van der Waals surface area contributed by atoms with Crippen LogP contribution in [0.4, 0.5) is 0 Å². The number of carbonyl (C=O) groups is 1. The highest BCUT2D eigenvalue weighted by Gasteiger charge is 2.31. The molecule has 0 bridgehead atoms. The van der Waals surface area contributed by atoms with E-state index in [1.165, 1.54) is 17.7 Å². The van der Waals surface area contributed by atoms with E-state index in [1.54, 1.807) is 7.11 Å². The molecule has 2 heterocycles. The third kappa shape index (κ3) is 3.87. The maximum atomic E-state index is 12.6. The molecule has 1 aliphatic carbocycles. The highest BCUT2D eigenvalue weighted by Crippen LogP contribution is 2.36. The lowest BCUT2D eigenvalue weighted by atomic mass is 9.83. The van der Waals surface area contributed by atoms with Gasteiger partial charge in [-0.25, -0.2) is 0 Å². The van der Waals surface area contributed by atoms with Crippen molar-refractivity contribution in [1.29, 1.82) is 0 Å². The Hall–Kier alpha value is -2.30. The van der Waals surface area contributed by atoms with Crippen LogP contribution in [0.2, 0.25) is 0 Å². The number of methoxy groups -OCH3 is 1. The number of nitrogens with zero attached hydrogens (tertiary/aromatic N) is 2. The Morgan fingerprint density at radius 1 is 1.22 bits per heavy atom. The number of amides is 1. The predicted molar refractivity (Wildman–Crippen MR) is 103 cm³/mol. The number of hydrogen-bond acceptors (Lipinski definition) is 4. The highest BCUT2D eigenvalue weighted by atomic mass is 16.5. The van der Waals surface area contributed by atoms with Crippen molar-refractivity contribution in [2.24, 2.45) is 5.92 Å². The molecular weight excluding hydrogens is 340 g/mol. The van der Waals surface area contributed by atoms with Crippen LogP contribution in [0, 0.1) is 5.92 Å². The Balaban J connectivity index is 1.35. The number of ether oxygens (including phenoxy) is 1. The average Bonchev–Trinajstić information content (AvgIpc) is 3.11. The molecule has 5 heteroatoms. The van der Waals surface area contributed by atoms with Crippen LogP contribution in [0.5, 0.6) is 5.75 Å². The van der Waals surface area contributed by atoms with Gasteiger partial charge in [-0.3, -0.25) is 4.79 Å². The largest absolute Gasteiger partial charge is 0.497 e. The first-order chi connectivity index (χ1) is 13.1. The monoisotopic (exact) mass is 368 g/mol. The molecule has 0 radical (unpaired) electrons. The fraction of sp³-hybridized carbons (Fsp3) is 0.545. The summed E-state index contributed by atoms with van der Waals surface area (Å²) in [6, 6.07) is 7.74. The van der Waals surface area contributed by atoms with Crippen molar-refractivity contribution < 1.29 is 14.1 Å². The maximum Gasteiger partial charge on any atom is 0.226 e. The third-order valence-electron chi connectivity index (χ3n) is 6.06. The molecule has 1 aliphatic heterocycles. The zero-order valence-corrected chi connectivity index (χ0v) is 16.2. The summed E-state index contributed by atoms with van der Waals surface area (Å²) in [5, 5.41) is 4.32. The second kappa shape index (κ2) is 7.75. The minimum atomic E-state index is 0.201. The van der Waals surface area contributed by atoms with Gasteiger partial charge in [-0.1, -0.05) is 24.2 Å². The van der Waals surface area contributed by atoms with Gasteiger partial charge in [0, 0.05) is 24.6 Å². The van der Waals surface area contributed by atoms with Gasteiger partial charge in [-0.2, -0.15) is 0 Å². The lowest BCUT2D eigenvalue weighted by Crippen LogP contribution is -2.38. The number of rotatable bonds is 4. The maximum absolute atomic E-state index is 12.6. The number of piperidine rings is 1. The predicted octanol–water partition coefficient (Wildman–Crippen LogP) is 3.76. The molecule has 0 spiro atoms. The first kappa shape index (κ1) is 18.1.